The lowest BCUT2D eigenvalue weighted by atomic mass is 9.91. The smallest absolute Gasteiger partial charge is 0.0589 e. The monoisotopic (exact) mass is 220 g/mol. The third-order valence-electron chi connectivity index (χ3n) is 3.53. The molecule has 1 aromatic heterocycles. The molecule has 88 valence electrons. The van der Waals surface area contributed by atoms with Crippen LogP contribution in [0.15, 0.2) is 24.5 Å². The molecule has 3 heteroatoms. The van der Waals surface area contributed by atoms with Crippen LogP contribution in [0, 0.1) is 5.92 Å². The SMILES string of the molecule is CC1CCCN(Cc2cccnc2)C1CO. The predicted octanol–water partition coefficient (Wildman–Crippen LogP) is 1.67. The maximum absolute atomic E-state index is 9.45. The molecule has 16 heavy (non-hydrogen) atoms. The van der Waals surface area contributed by atoms with Crippen LogP contribution in [0.25, 0.3) is 0 Å². The van der Waals surface area contributed by atoms with E-state index in [0.717, 1.165) is 13.1 Å². The van der Waals surface area contributed by atoms with Gasteiger partial charge in [-0.25, -0.2) is 0 Å². The fourth-order valence-corrected chi connectivity index (χ4v) is 2.55. The van der Waals surface area contributed by atoms with Gasteiger partial charge in [0.2, 0.25) is 0 Å². The molecule has 2 atom stereocenters. The second-order valence-corrected chi connectivity index (χ2v) is 4.70. The summed E-state index contributed by atoms with van der Waals surface area (Å²) in [5.74, 6) is 0.593. The number of nitrogens with zero attached hydrogens (tertiary/aromatic N) is 2. The van der Waals surface area contributed by atoms with Gasteiger partial charge >= 0.3 is 0 Å². The summed E-state index contributed by atoms with van der Waals surface area (Å²) in [5, 5.41) is 9.45. The molecule has 3 nitrogen and oxygen atoms in total. The van der Waals surface area contributed by atoms with Crippen LogP contribution >= 0.6 is 0 Å². The molecule has 0 spiro atoms. The van der Waals surface area contributed by atoms with Crippen LogP contribution in [0.5, 0.6) is 0 Å². The quantitative estimate of drug-likeness (QED) is 0.842. The van der Waals surface area contributed by atoms with E-state index in [2.05, 4.69) is 22.9 Å². The van der Waals surface area contributed by atoms with Gasteiger partial charge in [0.1, 0.15) is 0 Å². The molecule has 1 N–H and O–H groups in total. The molecule has 1 aliphatic rings. The molecule has 0 radical (unpaired) electrons. The number of hydrogen-bond donors (Lipinski definition) is 1. The van der Waals surface area contributed by atoms with Crippen molar-refractivity contribution in [2.24, 2.45) is 5.92 Å². The molecule has 2 rings (SSSR count). The van der Waals surface area contributed by atoms with Crippen molar-refractivity contribution in [1.82, 2.24) is 9.88 Å². The molecule has 0 amide bonds. The Morgan fingerprint density at radius 1 is 1.56 bits per heavy atom. The van der Waals surface area contributed by atoms with Crippen molar-refractivity contribution in [2.75, 3.05) is 13.2 Å². The van der Waals surface area contributed by atoms with Gasteiger partial charge < -0.3 is 5.11 Å². The van der Waals surface area contributed by atoms with Gasteiger partial charge in [-0.15, -0.1) is 0 Å². The number of rotatable bonds is 3. The molecular weight excluding hydrogens is 200 g/mol. The minimum atomic E-state index is 0.265. The Kier molecular flexibility index (Phi) is 3.91. The van der Waals surface area contributed by atoms with Gasteiger partial charge in [0.25, 0.3) is 0 Å². The fourth-order valence-electron chi connectivity index (χ4n) is 2.55. The van der Waals surface area contributed by atoms with E-state index in [1.807, 2.05) is 12.3 Å². The Labute approximate surface area is 97.1 Å². The lowest BCUT2D eigenvalue weighted by molar-refractivity contribution is 0.0472. The maximum atomic E-state index is 9.45. The fraction of sp³-hybridized carbons (Fsp3) is 0.615. The zero-order valence-electron chi connectivity index (χ0n) is 9.84. The highest BCUT2D eigenvalue weighted by molar-refractivity contribution is 5.08. The Bertz CT molecular complexity index is 315. The minimum absolute atomic E-state index is 0.265. The molecule has 0 aliphatic carbocycles. The second-order valence-electron chi connectivity index (χ2n) is 4.70. The van der Waals surface area contributed by atoms with E-state index in [9.17, 15) is 5.11 Å². The first kappa shape index (κ1) is 11.6. The summed E-state index contributed by atoms with van der Waals surface area (Å²) in [6.07, 6.45) is 6.17. The summed E-state index contributed by atoms with van der Waals surface area (Å²) in [6, 6.07) is 4.38. The van der Waals surface area contributed by atoms with Crippen molar-refractivity contribution >= 4 is 0 Å². The van der Waals surface area contributed by atoms with E-state index in [4.69, 9.17) is 0 Å². The molecule has 0 bridgehead atoms. The third kappa shape index (κ3) is 2.60. The standard InChI is InChI=1S/C13H20N2O/c1-11-4-3-7-15(13(11)10-16)9-12-5-2-6-14-8-12/h2,5-6,8,11,13,16H,3-4,7,9-10H2,1H3. The van der Waals surface area contributed by atoms with Crippen molar-refractivity contribution in [2.45, 2.75) is 32.4 Å². The molecule has 1 fully saturated rings. The third-order valence-corrected chi connectivity index (χ3v) is 3.53. The average Bonchev–Trinajstić information content (AvgIpc) is 2.31. The Balaban J connectivity index is 2.02. The molecule has 1 saturated heterocycles. The summed E-state index contributed by atoms with van der Waals surface area (Å²) in [6.45, 7) is 4.49. The number of aromatic nitrogens is 1. The van der Waals surface area contributed by atoms with Crippen molar-refractivity contribution in [3.63, 3.8) is 0 Å². The summed E-state index contributed by atoms with van der Waals surface area (Å²) >= 11 is 0. The molecular formula is C13H20N2O. The second kappa shape index (κ2) is 5.41. The lowest BCUT2D eigenvalue weighted by Gasteiger charge is -2.39. The first-order valence-electron chi connectivity index (χ1n) is 6.05. The molecule has 0 aromatic carbocycles. The summed E-state index contributed by atoms with van der Waals surface area (Å²) in [4.78, 5) is 6.51. The van der Waals surface area contributed by atoms with Gasteiger partial charge in [-0.05, 0) is 36.9 Å². The van der Waals surface area contributed by atoms with E-state index in [-0.39, 0.29) is 6.61 Å². The maximum Gasteiger partial charge on any atom is 0.0589 e. The zero-order valence-corrected chi connectivity index (χ0v) is 9.84. The Morgan fingerprint density at radius 2 is 2.44 bits per heavy atom. The lowest BCUT2D eigenvalue weighted by Crippen LogP contribution is -2.45. The summed E-state index contributed by atoms with van der Waals surface area (Å²) < 4.78 is 0. The van der Waals surface area contributed by atoms with Crippen LogP contribution in [-0.2, 0) is 6.54 Å². The van der Waals surface area contributed by atoms with E-state index in [0.29, 0.717) is 12.0 Å². The highest BCUT2D eigenvalue weighted by atomic mass is 16.3. The van der Waals surface area contributed by atoms with E-state index in [1.165, 1.54) is 18.4 Å². The Hall–Kier alpha value is -0.930. The molecule has 1 aliphatic heterocycles. The number of piperidine rings is 1. The van der Waals surface area contributed by atoms with Gasteiger partial charge in [-0.3, -0.25) is 9.88 Å². The van der Waals surface area contributed by atoms with Gasteiger partial charge in [0.15, 0.2) is 0 Å². The molecule has 1 aromatic rings. The topological polar surface area (TPSA) is 36.4 Å². The van der Waals surface area contributed by atoms with Gasteiger partial charge in [0, 0.05) is 25.0 Å². The normalized spacial score (nSPS) is 26.9. The number of aliphatic hydroxyl groups is 1. The minimum Gasteiger partial charge on any atom is -0.395 e. The summed E-state index contributed by atoms with van der Waals surface area (Å²) in [5.41, 5.74) is 1.23. The first-order valence-corrected chi connectivity index (χ1v) is 6.05. The molecule has 0 saturated carbocycles. The van der Waals surface area contributed by atoms with Crippen molar-refractivity contribution < 1.29 is 5.11 Å². The highest BCUT2D eigenvalue weighted by Crippen LogP contribution is 2.24. The van der Waals surface area contributed by atoms with Crippen LogP contribution in [0.2, 0.25) is 0 Å². The highest BCUT2D eigenvalue weighted by Gasteiger charge is 2.27. The average molecular weight is 220 g/mol. The predicted molar refractivity (Wildman–Crippen MR) is 63.9 cm³/mol. The van der Waals surface area contributed by atoms with E-state index < -0.39 is 0 Å². The van der Waals surface area contributed by atoms with Crippen LogP contribution in [0.1, 0.15) is 25.3 Å². The number of likely N-dealkylation sites (tertiary alicyclic amines) is 1. The van der Waals surface area contributed by atoms with Gasteiger partial charge in [-0.2, -0.15) is 0 Å². The largest absolute Gasteiger partial charge is 0.395 e. The van der Waals surface area contributed by atoms with Crippen LogP contribution in [-0.4, -0.2) is 34.2 Å². The van der Waals surface area contributed by atoms with Crippen LogP contribution < -0.4 is 0 Å². The van der Waals surface area contributed by atoms with Crippen molar-refractivity contribution in [3.05, 3.63) is 30.1 Å². The van der Waals surface area contributed by atoms with Crippen LogP contribution in [0.3, 0.4) is 0 Å². The number of pyridine rings is 1. The first-order chi connectivity index (χ1) is 7.81. The number of aliphatic hydroxyl groups excluding tert-OH is 1. The number of hydrogen-bond acceptors (Lipinski definition) is 3. The van der Waals surface area contributed by atoms with Crippen molar-refractivity contribution in [3.8, 4) is 0 Å². The Morgan fingerprint density at radius 3 is 3.12 bits per heavy atom. The van der Waals surface area contributed by atoms with Gasteiger partial charge in [-0.1, -0.05) is 13.0 Å². The molecule has 2 unspecified atom stereocenters. The zero-order chi connectivity index (χ0) is 11.4. The van der Waals surface area contributed by atoms with Crippen molar-refractivity contribution in [1.29, 1.82) is 0 Å². The van der Waals surface area contributed by atoms with E-state index in [1.54, 1.807) is 6.20 Å². The molecule has 2 heterocycles. The van der Waals surface area contributed by atoms with Gasteiger partial charge in [0.05, 0.1) is 6.61 Å². The summed E-state index contributed by atoms with van der Waals surface area (Å²) in [7, 11) is 0. The van der Waals surface area contributed by atoms with Crippen LogP contribution in [0.4, 0.5) is 0 Å². The van der Waals surface area contributed by atoms with E-state index >= 15 is 0 Å².